The lowest BCUT2D eigenvalue weighted by atomic mass is 9.82. The van der Waals surface area contributed by atoms with E-state index in [9.17, 15) is 9.59 Å². The largest absolute Gasteiger partial charge is 0.481 e. The van der Waals surface area contributed by atoms with E-state index in [2.05, 4.69) is 23.5 Å². The van der Waals surface area contributed by atoms with Gasteiger partial charge in [0.25, 0.3) is 0 Å². The summed E-state index contributed by atoms with van der Waals surface area (Å²) in [6.45, 7) is 0.583. The Kier molecular flexibility index (Phi) is 10.9. The topological polar surface area (TPSA) is 66.4 Å². The molecule has 0 bridgehead atoms. The van der Waals surface area contributed by atoms with Crippen molar-refractivity contribution in [1.82, 2.24) is 5.32 Å². The summed E-state index contributed by atoms with van der Waals surface area (Å²) in [7, 11) is 0. The number of carbonyl (C=O) groups excluding carboxylic acids is 1. The second-order valence-electron chi connectivity index (χ2n) is 6.10. The molecule has 24 heavy (non-hydrogen) atoms. The van der Waals surface area contributed by atoms with Crippen molar-refractivity contribution in [2.45, 2.75) is 44.9 Å². The van der Waals surface area contributed by atoms with Gasteiger partial charge in [0, 0.05) is 31.1 Å². The van der Waals surface area contributed by atoms with Crippen molar-refractivity contribution in [3.05, 3.63) is 23.8 Å². The molecule has 0 aliphatic heterocycles. The first-order chi connectivity index (χ1) is 11.6. The molecular formula is C18H27Cl2NO3. The highest BCUT2D eigenvalue weighted by Crippen LogP contribution is 2.30. The highest BCUT2D eigenvalue weighted by atomic mass is 35.5. The van der Waals surface area contributed by atoms with E-state index < -0.39 is 5.97 Å². The summed E-state index contributed by atoms with van der Waals surface area (Å²) in [6, 6.07) is 0. The van der Waals surface area contributed by atoms with Gasteiger partial charge in [-0.3, -0.25) is 9.59 Å². The third-order valence-electron chi connectivity index (χ3n) is 4.31. The molecule has 1 rings (SSSR count). The number of halogens is 2. The molecule has 0 heterocycles. The first-order valence-corrected chi connectivity index (χ1v) is 9.61. The van der Waals surface area contributed by atoms with Crippen molar-refractivity contribution in [1.29, 1.82) is 0 Å². The van der Waals surface area contributed by atoms with Gasteiger partial charge in [-0.2, -0.15) is 0 Å². The smallest absolute Gasteiger partial charge is 0.303 e. The third kappa shape index (κ3) is 8.74. The number of carboxylic acid groups (broad SMARTS) is 1. The third-order valence-corrected chi connectivity index (χ3v) is 4.74. The summed E-state index contributed by atoms with van der Waals surface area (Å²) >= 11 is 11.8. The molecule has 2 N–H and O–H groups in total. The second-order valence-corrected chi connectivity index (χ2v) is 6.86. The number of carboxylic acids is 1. The number of aliphatic carboxylic acids is 1. The van der Waals surface area contributed by atoms with E-state index in [0.717, 1.165) is 25.7 Å². The second kappa shape index (κ2) is 12.4. The Morgan fingerprint density at radius 2 is 1.96 bits per heavy atom. The maximum atomic E-state index is 11.6. The summed E-state index contributed by atoms with van der Waals surface area (Å²) in [5.74, 6) is 1.40. The summed E-state index contributed by atoms with van der Waals surface area (Å²) in [5, 5.41) is 11.4. The SMILES string of the molecule is O=C(O)CCCC(=O)NCCC1=CCC(C(CCCl)CCCl)C=C1. The molecule has 6 heteroatoms. The van der Waals surface area contributed by atoms with Gasteiger partial charge >= 0.3 is 5.97 Å². The van der Waals surface area contributed by atoms with Gasteiger partial charge in [0.05, 0.1) is 0 Å². The molecule has 1 aliphatic carbocycles. The van der Waals surface area contributed by atoms with Crippen LogP contribution in [0.3, 0.4) is 0 Å². The van der Waals surface area contributed by atoms with Crippen LogP contribution >= 0.6 is 23.2 Å². The number of alkyl halides is 2. The van der Waals surface area contributed by atoms with Gasteiger partial charge in [-0.1, -0.05) is 23.8 Å². The zero-order chi connectivity index (χ0) is 17.8. The van der Waals surface area contributed by atoms with Gasteiger partial charge in [-0.05, 0) is 43.9 Å². The van der Waals surface area contributed by atoms with E-state index >= 15 is 0 Å². The number of rotatable bonds is 12. The van der Waals surface area contributed by atoms with Crippen molar-refractivity contribution in [3.63, 3.8) is 0 Å². The van der Waals surface area contributed by atoms with Crippen LogP contribution in [-0.2, 0) is 9.59 Å². The van der Waals surface area contributed by atoms with Crippen LogP contribution < -0.4 is 5.32 Å². The summed E-state index contributed by atoms with van der Waals surface area (Å²) < 4.78 is 0. The lowest BCUT2D eigenvalue weighted by Crippen LogP contribution is -2.24. The van der Waals surface area contributed by atoms with Crippen molar-refractivity contribution in [2.75, 3.05) is 18.3 Å². The summed E-state index contributed by atoms with van der Waals surface area (Å²) in [6.07, 6.45) is 11.1. The Morgan fingerprint density at radius 3 is 2.50 bits per heavy atom. The molecule has 0 saturated carbocycles. The molecule has 0 aromatic heterocycles. The Morgan fingerprint density at radius 1 is 1.25 bits per heavy atom. The zero-order valence-electron chi connectivity index (χ0n) is 14.0. The Hall–Kier alpha value is -1.000. The average molecular weight is 376 g/mol. The molecular weight excluding hydrogens is 349 g/mol. The zero-order valence-corrected chi connectivity index (χ0v) is 15.5. The quantitative estimate of drug-likeness (QED) is 0.504. The molecule has 1 aliphatic rings. The Balaban J connectivity index is 2.25. The monoisotopic (exact) mass is 375 g/mol. The van der Waals surface area contributed by atoms with E-state index in [1.54, 1.807) is 0 Å². The maximum Gasteiger partial charge on any atom is 0.303 e. The molecule has 0 radical (unpaired) electrons. The average Bonchev–Trinajstić information content (AvgIpc) is 2.55. The molecule has 1 atom stereocenters. The van der Waals surface area contributed by atoms with Crippen LogP contribution in [-0.4, -0.2) is 35.3 Å². The van der Waals surface area contributed by atoms with Crippen molar-refractivity contribution in [3.8, 4) is 0 Å². The normalized spacial score (nSPS) is 17.0. The molecule has 1 amide bonds. The Bertz CT molecular complexity index is 457. The molecule has 136 valence electrons. The summed E-state index contributed by atoms with van der Waals surface area (Å²) in [5.41, 5.74) is 1.23. The van der Waals surface area contributed by atoms with E-state index in [4.69, 9.17) is 28.3 Å². The minimum absolute atomic E-state index is 0.0362. The van der Waals surface area contributed by atoms with E-state index in [0.29, 0.717) is 36.6 Å². The van der Waals surface area contributed by atoms with Gasteiger partial charge in [0.2, 0.25) is 5.91 Å². The number of hydrogen-bond donors (Lipinski definition) is 2. The fraction of sp³-hybridized carbons (Fsp3) is 0.667. The van der Waals surface area contributed by atoms with Crippen LogP contribution in [0.5, 0.6) is 0 Å². The van der Waals surface area contributed by atoms with Crippen LogP contribution in [0, 0.1) is 11.8 Å². The van der Waals surface area contributed by atoms with E-state index in [1.807, 2.05) is 0 Å². The maximum absolute atomic E-state index is 11.6. The molecule has 0 aromatic carbocycles. The van der Waals surface area contributed by atoms with Crippen LogP contribution in [0.2, 0.25) is 0 Å². The first-order valence-electron chi connectivity index (χ1n) is 8.54. The highest BCUT2D eigenvalue weighted by molar-refractivity contribution is 6.18. The fourth-order valence-corrected chi connectivity index (χ4v) is 3.46. The van der Waals surface area contributed by atoms with E-state index in [1.165, 1.54) is 5.57 Å². The highest BCUT2D eigenvalue weighted by Gasteiger charge is 2.19. The lowest BCUT2D eigenvalue weighted by Gasteiger charge is -2.25. The Labute approximate surface area is 154 Å². The molecule has 4 nitrogen and oxygen atoms in total. The predicted molar refractivity (Wildman–Crippen MR) is 98.6 cm³/mol. The molecule has 0 aromatic rings. The molecule has 0 spiro atoms. The van der Waals surface area contributed by atoms with Crippen molar-refractivity contribution < 1.29 is 14.7 Å². The predicted octanol–water partition coefficient (Wildman–Crippen LogP) is 4.12. The van der Waals surface area contributed by atoms with Gasteiger partial charge in [0.1, 0.15) is 0 Å². The number of nitrogens with one attached hydrogen (secondary N) is 1. The minimum atomic E-state index is -0.864. The fourth-order valence-electron chi connectivity index (χ4n) is 2.90. The van der Waals surface area contributed by atoms with Crippen LogP contribution in [0.4, 0.5) is 0 Å². The lowest BCUT2D eigenvalue weighted by molar-refractivity contribution is -0.137. The van der Waals surface area contributed by atoms with Crippen molar-refractivity contribution >= 4 is 35.1 Å². The van der Waals surface area contributed by atoms with Crippen LogP contribution in [0.15, 0.2) is 23.8 Å². The van der Waals surface area contributed by atoms with Crippen LogP contribution in [0.1, 0.15) is 44.9 Å². The van der Waals surface area contributed by atoms with Gasteiger partial charge in [0.15, 0.2) is 0 Å². The van der Waals surface area contributed by atoms with Gasteiger partial charge in [-0.15, -0.1) is 23.2 Å². The van der Waals surface area contributed by atoms with Gasteiger partial charge in [-0.25, -0.2) is 0 Å². The van der Waals surface area contributed by atoms with Gasteiger partial charge < -0.3 is 10.4 Å². The minimum Gasteiger partial charge on any atom is -0.481 e. The van der Waals surface area contributed by atoms with Crippen LogP contribution in [0.25, 0.3) is 0 Å². The number of hydrogen-bond acceptors (Lipinski definition) is 2. The number of allylic oxidation sites excluding steroid dienone is 3. The number of carbonyl (C=O) groups is 2. The standard InChI is InChI=1S/C18H27Cl2NO3/c19-11-8-16(9-12-20)15-6-4-14(5-7-15)10-13-21-17(22)2-1-3-18(23)24/h4-6,15-16H,1-3,7-13H2,(H,21,22)(H,23,24). The van der Waals surface area contributed by atoms with E-state index in [-0.39, 0.29) is 18.7 Å². The molecule has 1 unspecified atom stereocenters. The molecule has 0 fully saturated rings. The first kappa shape index (κ1) is 21.0. The molecule has 0 saturated heterocycles. The summed E-state index contributed by atoms with van der Waals surface area (Å²) in [4.78, 5) is 22.0. The van der Waals surface area contributed by atoms with Crippen molar-refractivity contribution in [2.24, 2.45) is 11.8 Å². The number of amides is 1.